The largest absolute Gasteiger partial charge is 0.492 e. The Balaban J connectivity index is 0.00000300. The van der Waals surface area contributed by atoms with Crippen LogP contribution in [0.2, 0.25) is 0 Å². The number of nitrogens with one attached hydrogen (secondary N) is 2. The summed E-state index contributed by atoms with van der Waals surface area (Å²) in [7, 11) is 1.77. The molecule has 29 heavy (non-hydrogen) atoms. The van der Waals surface area contributed by atoms with Gasteiger partial charge in [-0.2, -0.15) is 0 Å². The second-order valence-electron chi connectivity index (χ2n) is 8.07. The van der Waals surface area contributed by atoms with Crippen LogP contribution in [0.5, 0.6) is 5.75 Å². The molecule has 1 heterocycles. The monoisotopic (exact) mass is 514 g/mol. The number of rotatable bonds is 6. The fourth-order valence-corrected chi connectivity index (χ4v) is 4.25. The third-order valence-electron chi connectivity index (χ3n) is 5.63. The number of likely N-dealkylation sites (tertiary alicyclic amines) is 1. The van der Waals surface area contributed by atoms with Crippen LogP contribution in [0.4, 0.5) is 0 Å². The van der Waals surface area contributed by atoms with Gasteiger partial charge in [0.2, 0.25) is 5.91 Å². The highest BCUT2D eigenvalue weighted by Crippen LogP contribution is 2.27. The summed E-state index contributed by atoms with van der Waals surface area (Å²) in [5.74, 6) is 2.29. The average molecular weight is 514 g/mol. The third kappa shape index (κ3) is 7.04. The van der Waals surface area contributed by atoms with Crippen LogP contribution in [-0.2, 0) is 4.79 Å². The van der Waals surface area contributed by atoms with Crippen molar-refractivity contribution in [2.45, 2.75) is 52.0 Å². The van der Waals surface area contributed by atoms with E-state index in [-0.39, 0.29) is 35.9 Å². The molecular weight excluding hydrogens is 479 g/mol. The van der Waals surface area contributed by atoms with Gasteiger partial charge < -0.3 is 20.3 Å². The number of ether oxygens (including phenoxy) is 1. The van der Waals surface area contributed by atoms with Crippen LogP contribution in [0.1, 0.15) is 43.2 Å². The Morgan fingerprint density at radius 2 is 1.86 bits per heavy atom. The molecule has 162 valence electrons. The van der Waals surface area contributed by atoms with E-state index in [2.05, 4.69) is 47.7 Å². The van der Waals surface area contributed by atoms with Gasteiger partial charge >= 0.3 is 0 Å². The highest BCUT2D eigenvalue weighted by atomic mass is 127. The molecule has 0 radical (unpaired) electrons. The molecule has 1 saturated carbocycles. The van der Waals surface area contributed by atoms with E-state index in [4.69, 9.17) is 4.74 Å². The van der Waals surface area contributed by atoms with Crippen molar-refractivity contribution in [3.8, 4) is 5.75 Å². The SMILES string of the molecule is CN=C(NCCOc1cc(C)cc(C)c1)NC1CCN(C(=O)C2CCCC2)C1.I. The molecule has 1 saturated heterocycles. The summed E-state index contributed by atoms with van der Waals surface area (Å²) in [5, 5.41) is 6.75. The maximum Gasteiger partial charge on any atom is 0.225 e. The number of aryl methyl sites for hydroxylation is 2. The Morgan fingerprint density at radius 3 is 2.52 bits per heavy atom. The number of amides is 1. The van der Waals surface area contributed by atoms with Gasteiger partial charge in [-0.25, -0.2) is 0 Å². The molecular formula is C22H35IN4O2. The second kappa shape index (κ2) is 11.6. The van der Waals surface area contributed by atoms with Gasteiger partial charge in [-0.3, -0.25) is 9.79 Å². The van der Waals surface area contributed by atoms with Crippen molar-refractivity contribution < 1.29 is 9.53 Å². The predicted molar refractivity (Wildman–Crippen MR) is 128 cm³/mol. The van der Waals surface area contributed by atoms with E-state index < -0.39 is 0 Å². The lowest BCUT2D eigenvalue weighted by atomic mass is 10.1. The lowest BCUT2D eigenvalue weighted by Crippen LogP contribution is -2.46. The highest BCUT2D eigenvalue weighted by molar-refractivity contribution is 14.0. The first-order valence-electron chi connectivity index (χ1n) is 10.5. The Kier molecular flexibility index (Phi) is 9.52. The fraction of sp³-hybridized carbons (Fsp3) is 0.636. The van der Waals surface area contributed by atoms with Gasteiger partial charge in [0.1, 0.15) is 12.4 Å². The summed E-state index contributed by atoms with van der Waals surface area (Å²) in [6.45, 7) is 7.01. The molecule has 1 aromatic rings. The summed E-state index contributed by atoms with van der Waals surface area (Å²) < 4.78 is 5.84. The number of guanidine groups is 1. The van der Waals surface area contributed by atoms with Gasteiger partial charge in [-0.15, -0.1) is 24.0 Å². The van der Waals surface area contributed by atoms with Crippen LogP contribution < -0.4 is 15.4 Å². The number of halogens is 1. The minimum absolute atomic E-state index is 0. The third-order valence-corrected chi connectivity index (χ3v) is 5.63. The lowest BCUT2D eigenvalue weighted by molar-refractivity contribution is -0.134. The summed E-state index contributed by atoms with van der Waals surface area (Å²) in [6.07, 6.45) is 5.51. The van der Waals surface area contributed by atoms with Crippen molar-refractivity contribution in [1.29, 1.82) is 0 Å². The van der Waals surface area contributed by atoms with Gasteiger partial charge in [0.25, 0.3) is 0 Å². The number of hydrogen-bond donors (Lipinski definition) is 2. The summed E-state index contributed by atoms with van der Waals surface area (Å²) >= 11 is 0. The number of carbonyl (C=O) groups excluding carboxylic acids is 1. The van der Waals surface area contributed by atoms with Gasteiger partial charge in [-0.05, 0) is 56.4 Å². The number of benzene rings is 1. The lowest BCUT2D eigenvalue weighted by Gasteiger charge is -2.21. The van der Waals surface area contributed by atoms with Crippen molar-refractivity contribution >= 4 is 35.8 Å². The normalized spacial score (nSPS) is 19.8. The van der Waals surface area contributed by atoms with Gasteiger partial charge in [-0.1, -0.05) is 18.9 Å². The molecule has 0 aromatic heterocycles. The van der Waals surface area contributed by atoms with E-state index in [1.165, 1.54) is 24.0 Å². The Morgan fingerprint density at radius 1 is 1.17 bits per heavy atom. The molecule has 7 heteroatoms. The molecule has 1 aliphatic heterocycles. The summed E-state index contributed by atoms with van der Waals surface area (Å²) in [6, 6.07) is 6.50. The minimum atomic E-state index is 0. The minimum Gasteiger partial charge on any atom is -0.492 e. The van der Waals surface area contributed by atoms with E-state index in [0.29, 0.717) is 19.1 Å². The molecule has 3 rings (SSSR count). The highest BCUT2D eigenvalue weighted by Gasteiger charge is 2.32. The van der Waals surface area contributed by atoms with Crippen LogP contribution in [0, 0.1) is 19.8 Å². The number of nitrogens with zero attached hydrogens (tertiary/aromatic N) is 2. The first-order valence-corrected chi connectivity index (χ1v) is 10.5. The van der Waals surface area contributed by atoms with Crippen LogP contribution in [0.15, 0.2) is 23.2 Å². The van der Waals surface area contributed by atoms with Crippen molar-refractivity contribution in [2.75, 3.05) is 33.3 Å². The maximum absolute atomic E-state index is 12.6. The molecule has 2 aliphatic rings. The van der Waals surface area contributed by atoms with Crippen LogP contribution >= 0.6 is 24.0 Å². The van der Waals surface area contributed by atoms with E-state index in [1.54, 1.807) is 7.05 Å². The molecule has 2 N–H and O–H groups in total. The first kappa shape index (κ1) is 23.8. The first-order chi connectivity index (χ1) is 13.5. The Labute approximate surface area is 191 Å². The maximum atomic E-state index is 12.6. The molecule has 1 atom stereocenters. The van der Waals surface area contributed by atoms with Gasteiger partial charge in [0.05, 0.1) is 6.54 Å². The smallest absolute Gasteiger partial charge is 0.225 e. The number of hydrogen-bond acceptors (Lipinski definition) is 3. The van der Waals surface area contributed by atoms with Crippen LogP contribution in [0.25, 0.3) is 0 Å². The molecule has 1 amide bonds. The number of aliphatic imine (C=N–C) groups is 1. The van der Waals surface area contributed by atoms with Crippen molar-refractivity contribution in [3.05, 3.63) is 29.3 Å². The van der Waals surface area contributed by atoms with Crippen LogP contribution in [-0.4, -0.2) is 56.1 Å². The zero-order valence-electron chi connectivity index (χ0n) is 17.9. The summed E-state index contributed by atoms with van der Waals surface area (Å²) in [5.41, 5.74) is 2.41. The quantitative estimate of drug-likeness (QED) is 0.265. The molecule has 0 spiro atoms. The zero-order valence-corrected chi connectivity index (χ0v) is 20.2. The van der Waals surface area contributed by atoms with Crippen molar-refractivity contribution in [2.24, 2.45) is 10.9 Å². The van der Waals surface area contributed by atoms with Gasteiger partial charge in [0.15, 0.2) is 5.96 Å². The predicted octanol–water partition coefficient (Wildman–Crippen LogP) is 3.26. The van der Waals surface area contributed by atoms with Gasteiger partial charge in [0, 0.05) is 32.1 Å². The zero-order chi connectivity index (χ0) is 19.9. The van der Waals surface area contributed by atoms with Crippen molar-refractivity contribution in [3.63, 3.8) is 0 Å². The molecule has 1 aliphatic carbocycles. The summed E-state index contributed by atoms with van der Waals surface area (Å²) in [4.78, 5) is 18.9. The standard InChI is InChI=1S/C22H34N4O2.HI/c1-16-12-17(2)14-20(13-16)28-11-9-24-22(23-3)25-19-8-10-26(15-19)21(27)18-6-4-5-7-18;/h12-14,18-19H,4-11,15H2,1-3H3,(H2,23,24,25);1H. The Bertz CT molecular complexity index is 684. The van der Waals surface area contributed by atoms with E-state index in [9.17, 15) is 4.79 Å². The van der Waals surface area contributed by atoms with E-state index in [0.717, 1.165) is 44.1 Å². The molecule has 1 aromatic carbocycles. The van der Waals surface area contributed by atoms with E-state index in [1.807, 2.05) is 4.90 Å². The van der Waals surface area contributed by atoms with Crippen molar-refractivity contribution in [1.82, 2.24) is 15.5 Å². The van der Waals surface area contributed by atoms with Crippen LogP contribution in [0.3, 0.4) is 0 Å². The average Bonchev–Trinajstić information content (AvgIpc) is 3.35. The molecule has 0 bridgehead atoms. The van der Waals surface area contributed by atoms with E-state index >= 15 is 0 Å². The second-order valence-corrected chi connectivity index (χ2v) is 8.07. The topological polar surface area (TPSA) is 66.0 Å². The fourth-order valence-electron chi connectivity index (χ4n) is 4.25. The Hall–Kier alpha value is -1.51. The molecule has 6 nitrogen and oxygen atoms in total. The number of carbonyl (C=O) groups is 1. The molecule has 2 fully saturated rings. The molecule has 1 unspecified atom stereocenters.